The maximum atomic E-state index is 5.43. The zero-order chi connectivity index (χ0) is 9.68. The highest BCUT2D eigenvalue weighted by molar-refractivity contribution is 14.1. The second-order valence-corrected chi connectivity index (χ2v) is 4.41. The first-order valence-corrected chi connectivity index (χ1v) is 5.63. The topological polar surface area (TPSA) is 38.9 Å². The van der Waals surface area contributed by atoms with Gasteiger partial charge in [-0.2, -0.15) is 0 Å². The summed E-state index contributed by atoms with van der Waals surface area (Å²) in [5.74, 6) is 0. The molecule has 3 heteroatoms. The summed E-state index contributed by atoms with van der Waals surface area (Å²) in [6, 6.07) is 2.17. The highest BCUT2D eigenvalue weighted by atomic mass is 127. The summed E-state index contributed by atoms with van der Waals surface area (Å²) in [5.41, 5.74) is 7.95. The fourth-order valence-corrected chi connectivity index (χ4v) is 1.87. The Balaban J connectivity index is 2.56. The van der Waals surface area contributed by atoms with Crippen LogP contribution in [0.1, 0.15) is 24.1 Å². The molecule has 2 nitrogen and oxygen atoms in total. The normalized spacial score (nSPS) is 10.4. The second-order valence-electron chi connectivity index (χ2n) is 3.16. The monoisotopic (exact) mass is 290 g/mol. The largest absolute Gasteiger partial charge is 0.330 e. The van der Waals surface area contributed by atoms with Gasteiger partial charge in [0.25, 0.3) is 0 Å². The van der Waals surface area contributed by atoms with Gasteiger partial charge in [-0.15, -0.1) is 0 Å². The third-order valence-corrected chi connectivity index (χ3v) is 2.61. The fraction of sp³-hybridized carbons (Fsp3) is 0.500. The van der Waals surface area contributed by atoms with Crippen molar-refractivity contribution in [1.29, 1.82) is 0 Å². The van der Waals surface area contributed by atoms with E-state index in [1.54, 1.807) is 0 Å². The summed E-state index contributed by atoms with van der Waals surface area (Å²) < 4.78 is 1.21. The molecule has 0 radical (unpaired) electrons. The Labute approximate surface area is 93.1 Å². The Morgan fingerprint density at radius 2 is 2.23 bits per heavy atom. The van der Waals surface area contributed by atoms with Gasteiger partial charge < -0.3 is 5.73 Å². The summed E-state index contributed by atoms with van der Waals surface area (Å²) in [6.07, 6.45) is 5.21. The van der Waals surface area contributed by atoms with E-state index < -0.39 is 0 Å². The zero-order valence-electron chi connectivity index (χ0n) is 7.89. The lowest BCUT2D eigenvalue weighted by atomic mass is 10.1. The van der Waals surface area contributed by atoms with E-state index in [9.17, 15) is 0 Å². The zero-order valence-corrected chi connectivity index (χ0v) is 10.0. The molecule has 72 valence electrons. The van der Waals surface area contributed by atoms with Crippen LogP contribution in [0.15, 0.2) is 12.3 Å². The van der Waals surface area contributed by atoms with Crippen molar-refractivity contribution in [3.63, 3.8) is 0 Å². The van der Waals surface area contributed by atoms with Gasteiger partial charge in [0.05, 0.1) is 0 Å². The minimum absolute atomic E-state index is 0.781. The number of aromatic nitrogens is 1. The Kier molecular flexibility index (Phi) is 4.66. The van der Waals surface area contributed by atoms with Gasteiger partial charge in [-0.25, -0.2) is 0 Å². The Bertz CT molecular complexity index is 274. The van der Waals surface area contributed by atoms with Crippen LogP contribution in [-0.4, -0.2) is 11.5 Å². The molecule has 0 bridgehead atoms. The number of pyridine rings is 1. The van der Waals surface area contributed by atoms with Crippen LogP contribution in [0.4, 0.5) is 0 Å². The van der Waals surface area contributed by atoms with Crippen LogP contribution in [0, 0.1) is 10.5 Å². The number of unbranched alkanes of at least 4 members (excludes halogenated alkanes) is 1. The average Bonchev–Trinajstić information content (AvgIpc) is 2.09. The first-order valence-electron chi connectivity index (χ1n) is 4.55. The molecule has 1 aromatic heterocycles. The molecule has 1 rings (SSSR count). The van der Waals surface area contributed by atoms with Crippen molar-refractivity contribution in [2.24, 2.45) is 5.73 Å². The number of rotatable bonds is 4. The fourth-order valence-electron chi connectivity index (χ4n) is 1.27. The maximum Gasteiger partial charge on any atom is 0.0433 e. The Morgan fingerprint density at radius 1 is 1.46 bits per heavy atom. The van der Waals surface area contributed by atoms with Crippen LogP contribution in [0.5, 0.6) is 0 Å². The van der Waals surface area contributed by atoms with Crippen molar-refractivity contribution in [2.45, 2.75) is 26.2 Å². The van der Waals surface area contributed by atoms with Crippen molar-refractivity contribution in [2.75, 3.05) is 6.54 Å². The number of hydrogen-bond acceptors (Lipinski definition) is 2. The van der Waals surface area contributed by atoms with E-state index in [1.807, 2.05) is 6.20 Å². The van der Waals surface area contributed by atoms with Crippen molar-refractivity contribution in [1.82, 2.24) is 4.98 Å². The number of halogens is 1. The molecular weight excluding hydrogens is 275 g/mol. The molecule has 0 fully saturated rings. The third kappa shape index (κ3) is 3.60. The van der Waals surface area contributed by atoms with Gasteiger partial charge in [0, 0.05) is 15.5 Å². The lowest BCUT2D eigenvalue weighted by Gasteiger charge is -2.04. The van der Waals surface area contributed by atoms with Crippen molar-refractivity contribution in [3.05, 3.63) is 27.1 Å². The molecule has 0 aliphatic rings. The smallest absolute Gasteiger partial charge is 0.0433 e. The van der Waals surface area contributed by atoms with E-state index in [0.29, 0.717) is 0 Å². The molecule has 0 aliphatic heterocycles. The minimum Gasteiger partial charge on any atom is -0.330 e. The van der Waals surface area contributed by atoms with Crippen LogP contribution in [0.2, 0.25) is 0 Å². The van der Waals surface area contributed by atoms with Gasteiger partial charge in [0.1, 0.15) is 0 Å². The van der Waals surface area contributed by atoms with E-state index in [1.165, 1.54) is 14.8 Å². The molecule has 0 aliphatic carbocycles. The maximum absolute atomic E-state index is 5.43. The minimum atomic E-state index is 0.781. The first-order chi connectivity index (χ1) is 6.24. The van der Waals surface area contributed by atoms with E-state index in [0.717, 1.165) is 25.8 Å². The molecule has 0 saturated carbocycles. The van der Waals surface area contributed by atoms with E-state index >= 15 is 0 Å². The molecule has 1 heterocycles. The standard InChI is InChI=1S/C10H15IN2/c1-8-6-9(11)7-13-10(8)4-2-3-5-12/h6-7H,2-5,12H2,1H3. The van der Waals surface area contributed by atoms with Crippen molar-refractivity contribution >= 4 is 22.6 Å². The van der Waals surface area contributed by atoms with Crippen molar-refractivity contribution < 1.29 is 0 Å². The lowest BCUT2D eigenvalue weighted by Crippen LogP contribution is -2.01. The molecule has 0 aromatic carbocycles. The molecule has 13 heavy (non-hydrogen) atoms. The lowest BCUT2D eigenvalue weighted by molar-refractivity contribution is 0.729. The molecule has 0 spiro atoms. The summed E-state index contributed by atoms with van der Waals surface area (Å²) in [7, 11) is 0. The molecule has 1 aromatic rings. The molecule has 0 saturated heterocycles. The van der Waals surface area contributed by atoms with Crippen LogP contribution >= 0.6 is 22.6 Å². The first kappa shape index (κ1) is 10.9. The Morgan fingerprint density at radius 3 is 2.85 bits per heavy atom. The van der Waals surface area contributed by atoms with Gasteiger partial charge in [-0.1, -0.05) is 0 Å². The van der Waals surface area contributed by atoms with Gasteiger partial charge in [0.15, 0.2) is 0 Å². The summed E-state index contributed by atoms with van der Waals surface area (Å²) in [6.45, 7) is 2.90. The van der Waals surface area contributed by atoms with Crippen LogP contribution < -0.4 is 5.73 Å². The third-order valence-electron chi connectivity index (χ3n) is 2.02. The summed E-state index contributed by atoms with van der Waals surface area (Å²) in [5, 5.41) is 0. The predicted molar refractivity (Wildman–Crippen MR) is 63.7 cm³/mol. The van der Waals surface area contributed by atoms with Gasteiger partial charge in [-0.3, -0.25) is 4.98 Å². The highest BCUT2D eigenvalue weighted by Crippen LogP contribution is 2.11. The highest BCUT2D eigenvalue weighted by Gasteiger charge is 1.99. The number of nitrogens with two attached hydrogens (primary N) is 1. The quantitative estimate of drug-likeness (QED) is 0.682. The van der Waals surface area contributed by atoms with E-state index in [4.69, 9.17) is 5.73 Å². The van der Waals surface area contributed by atoms with Crippen molar-refractivity contribution in [3.8, 4) is 0 Å². The van der Waals surface area contributed by atoms with Gasteiger partial charge in [-0.05, 0) is 67.0 Å². The second kappa shape index (κ2) is 5.54. The number of hydrogen-bond donors (Lipinski definition) is 1. The van der Waals surface area contributed by atoms with Gasteiger partial charge in [0.2, 0.25) is 0 Å². The average molecular weight is 290 g/mol. The van der Waals surface area contributed by atoms with E-state index in [-0.39, 0.29) is 0 Å². The van der Waals surface area contributed by atoms with Crippen LogP contribution in [0.3, 0.4) is 0 Å². The summed E-state index contributed by atoms with van der Waals surface area (Å²) in [4.78, 5) is 4.40. The Hall–Kier alpha value is -0.160. The summed E-state index contributed by atoms with van der Waals surface area (Å²) >= 11 is 2.28. The molecule has 0 atom stereocenters. The van der Waals surface area contributed by atoms with E-state index in [2.05, 4.69) is 40.6 Å². The molecular formula is C10H15IN2. The molecule has 0 amide bonds. The van der Waals surface area contributed by atoms with Crippen LogP contribution in [0.25, 0.3) is 0 Å². The van der Waals surface area contributed by atoms with Crippen LogP contribution in [-0.2, 0) is 6.42 Å². The number of nitrogens with zero attached hydrogens (tertiary/aromatic N) is 1. The van der Waals surface area contributed by atoms with Gasteiger partial charge >= 0.3 is 0 Å². The molecule has 2 N–H and O–H groups in total. The molecule has 0 unspecified atom stereocenters. The SMILES string of the molecule is Cc1cc(I)cnc1CCCCN. The predicted octanol–water partition coefficient (Wildman–Crippen LogP) is 2.28. The number of aryl methyl sites for hydroxylation is 2.